The third kappa shape index (κ3) is 5.22. The molecule has 2 fully saturated rings. The molecule has 5 rings (SSSR count). The minimum Gasteiger partial charge on any atom is -0.494 e. The molecule has 35 heavy (non-hydrogen) atoms. The topological polar surface area (TPSA) is 80.7 Å². The number of nitrogens with zero attached hydrogens (tertiary/aromatic N) is 5. The van der Waals surface area contributed by atoms with E-state index in [-0.39, 0.29) is 18.1 Å². The Labute approximate surface area is 206 Å². The third-order valence-electron chi connectivity index (χ3n) is 6.91. The van der Waals surface area contributed by atoms with Gasteiger partial charge in [0.15, 0.2) is 0 Å². The van der Waals surface area contributed by atoms with Gasteiger partial charge in [-0.05, 0) is 69.4 Å². The van der Waals surface area contributed by atoms with Crippen LogP contribution in [0.2, 0.25) is 0 Å². The number of benzene rings is 1. The van der Waals surface area contributed by atoms with Gasteiger partial charge in [0.05, 0.1) is 30.5 Å². The van der Waals surface area contributed by atoms with Gasteiger partial charge >= 0.3 is 0 Å². The van der Waals surface area contributed by atoms with E-state index in [4.69, 9.17) is 19.4 Å². The molecule has 184 valence electrons. The fraction of sp³-hybridized carbons (Fsp3) is 0.481. The van der Waals surface area contributed by atoms with Crippen molar-refractivity contribution in [3.05, 3.63) is 54.0 Å². The summed E-state index contributed by atoms with van der Waals surface area (Å²) in [5.41, 5.74) is 2.85. The molecular formula is C27H33N5O3. The highest BCUT2D eigenvalue weighted by atomic mass is 16.5. The molecule has 2 aliphatic heterocycles. The number of aromatic nitrogens is 3. The highest BCUT2D eigenvalue weighted by molar-refractivity contribution is 5.87. The first-order valence-corrected chi connectivity index (χ1v) is 12.6. The number of carbonyl (C=O) groups is 1. The van der Waals surface area contributed by atoms with Gasteiger partial charge in [-0.1, -0.05) is 6.07 Å². The maximum absolute atomic E-state index is 13.5. The van der Waals surface area contributed by atoms with Crippen molar-refractivity contribution in [1.29, 1.82) is 0 Å². The second kappa shape index (κ2) is 10.6. The molecule has 0 aliphatic carbocycles. The molecule has 0 saturated carbocycles. The van der Waals surface area contributed by atoms with Crippen molar-refractivity contribution in [2.75, 3.05) is 31.1 Å². The number of hydrogen-bond acceptors (Lipinski definition) is 7. The summed E-state index contributed by atoms with van der Waals surface area (Å²) in [6.45, 7) is 7.38. The second-order valence-electron chi connectivity index (χ2n) is 9.27. The Kier molecular flexibility index (Phi) is 7.08. The summed E-state index contributed by atoms with van der Waals surface area (Å²) in [4.78, 5) is 31.3. The van der Waals surface area contributed by atoms with Crippen LogP contribution in [0.4, 0.5) is 5.95 Å². The number of likely N-dealkylation sites (tertiary alicyclic amines) is 1. The normalized spacial score (nSPS) is 18.9. The first-order chi connectivity index (χ1) is 17.1. The van der Waals surface area contributed by atoms with Gasteiger partial charge < -0.3 is 19.3 Å². The third-order valence-corrected chi connectivity index (χ3v) is 6.91. The van der Waals surface area contributed by atoms with E-state index in [1.165, 1.54) is 0 Å². The fourth-order valence-corrected chi connectivity index (χ4v) is 5.04. The maximum atomic E-state index is 13.5. The molecule has 4 heterocycles. The number of piperidine rings is 1. The van der Waals surface area contributed by atoms with Crippen molar-refractivity contribution in [3.8, 4) is 5.75 Å². The lowest BCUT2D eigenvalue weighted by atomic mass is 10.1. The van der Waals surface area contributed by atoms with Crippen LogP contribution >= 0.6 is 0 Å². The molecule has 2 saturated heterocycles. The van der Waals surface area contributed by atoms with Crippen molar-refractivity contribution in [3.63, 3.8) is 0 Å². The minimum absolute atomic E-state index is 0.173. The molecule has 2 aliphatic rings. The Balaban J connectivity index is 1.23. The molecule has 0 radical (unpaired) electrons. The van der Waals surface area contributed by atoms with Gasteiger partial charge in [0.25, 0.3) is 0 Å². The van der Waals surface area contributed by atoms with Crippen molar-refractivity contribution >= 4 is 22.8 Å². The van der Waals surface area contributed by atoms with E-state index < -0.39 is 0 Å². The van der Waals surface area contributed by atoms with Crippen LogP contribution < -0.4 is 9.64 Å². The number of anilines is 1. The Bertz CT molecular complexity index is 1160. The molecule has 3 aromatic rings. The maximum Gasteiger partial charge on any atom is 0.245 e. The van der Waals surface area contributed by atoms with Crippen LogP contribution in [-0.2, 0) is 16.1 Å². The molecule has 0 spiro atoms. The first-order valence-electron chi connectivity index (χ1n) is 12.6. The molecule has 1 amide bonds. The van der Waals surface area contributed by atoms with Gasteiger partial charge in [0, 0.05) is 37.4 Å². The molecule has 1 atom stereocenters. The standard InChI is InChI=1S/C27H33N5O3/c1-3-34-22-8-9-24-23(16-22)19(2)29-27(30-24)32-13-5-7-25(32)26(33)31-14-10-21(11-15-31)35-18-20-6-4-12-28-17-20/h4,6,8-9,12,16-17,21,25H,3,5,7,10-11,13-15,18H2,1-2H3. The smallest absolute Gasteiger partial charge is 0.245 e. The van der Waals surface area contributed by atoms with Gasteiger partial charge in [0.2, 0.25) is 11.9 Å². The number of ether oxygens (including phenoxy) is 2. The summed E-state index contributed by atoms with van der Waals surface area (Å²) in [5.74, 6) is 1.65. The summed E-state index contributed by atoms with van der Waals surface area (Å²) >= 11 is 0. The molecule has 1 unspecified atom stereocenters. The number of carbonyl (C=O) groups excluding carboxylic acids is 1. The Morgan fingerprint density at radius 3 is 2.74 bits per heavy atom. The highest BCUT2D eigenvalue weighted by Gasteiger charge is 2.36. The van der Waals surface area contributed by atoms with Crippen molar-refractivity contribution in [1.82, 2.24) is 19.9 Å². The molecule has 0 N–H and O–H groups in total. The van der Waals surface area contributed by atoms with Crippen LogP contribution in [-0.4, -0.2) is 64.1 Å². The second-order valence-corrected chi connectivity index (χ2v) is 9.27. The Morgan fingerprint density at radius 1 is 1.11 bits per heavy atom. The van der Waals surface area contributed by atoms with Crippen LogP contribution in [0.25, 0.3) is 10.9 Å². The zero-order chi connectivity index (χ0) is 24.2. The van der Waals surface area contributed by atoms with Crippen LogP contribution in [0.15, 0.2) is 42.7 Å². The van der Waals surface area contributed by atoms with Crippen molar-refractivity contribution in [2.45, 2.75) is 58.3 Å². The predicted molar refractivity (Wildman–Crippen MR) is 134 cm³/mol. The number of fused-ring (bicyclic) bond motifs is 1. The van der Waals surface area contributed by atoms with E-state index in [2.05, 4.69) is 9.88 Å². The minimum atomic E-state index is -0.206. The first kappa shape index (κ1) is 23.5. The van der Waals surface area contributed by atoms with Gasteiger partial charge in [-0.2, -0.15) is 0 Å². The average molecular weight is 476 g/mol. The van der Waals surface area contributed by atoms with Gasteiger partial charge in [0.1, 0.15) is 11.8 Å². The quantitative estimate of drug-likeness (QED) is 0.513. The van der Waals surface area contributed by atoms with E-state index >= 15 is 0 Å². The average Bonchev–Trinajstić information content (AvgIpc) is 3.38. The van der Waals surface area contributed by atoms with Gasteiger partial charge in [-0.25, -0.2) is 9.97 Å². The fourth-order valence-electron chi connectivity index (χ4n) is 5.04. The lowest BCUT2D eigenvalue weighted by molar-refractivity contribution is -0.135. The van der Waals surface area contributed by atoms with Crippen LogP contribution in [0.5, 0.6) is 5.75 Å². The molecule has 8 nitrogen and oxygen atoms in total. The summed E-state index contributed by atoms with van der Waals surface area (Å²) in [6, 6.07) is 9.64. The van der Waals surface area contributed by atoms with Crippen LogP contribution in [0.1, 0.15) is 43.9 Å². The Morgan fingerprint density at radius 2 is 1.97 bits per heavy atom. The van der Waals surface area contributed by atoms with E-state index in [0.717, 1.165) is 73.2 Å². The zero-order valence-electron chi connectivity index (χ0n) is 20.5. The molecular weight excluding hydrogens is 442 g/mol. The zero-order valence-corrected chi connectivity index (χ0v) is 20.5. The van der Waals surface area contributed by atoms with E-state index in [9.17, 15) is 4.79 Å². The lowest BCUT2D eigenvalue weighted by Crippen LogP contribution is -2.49. The van der Waals surface area contributed by atoms with Crippen molar-refractivity contribution in [2.24, 2.45) is 0 Å². The van der Waals surface area contributed by atoms with Gasteiger partial charge in [-0.3, -0.25) is 9.78 Å². The van der Waals surface area contributed by atoms with E-state index in [1.54, 1.807) is 6.20 Å². The number of pyridine rings is 1. The van der Waals surface area contributed by atoms with Crippen LogP contribution in [0, 0.1) is 6.92 Å². The van der Waals surface area contributed by atoms with Gasteiger partial charge in [-0.15, -0.1) is 0 Å². The summed E-state index contributed by atoms with van der Waals surface area (Å²) in [6.07, 6.45) is 7.28. The highest BCUT2D eigenvalue weighted by Crippen LogP contribution is 2.29. The number of amides is 1. The number of hydrogen-bond donors (Lipinski definition) is 0. The number of rotatable bonds is 7. The molecule has 0 bridgehead atoms. The largest absolute Gasteiger partial charge is 0.494 e. The number of aryl methyl sites for hydroxylation is 1. The van der Waals surface area contributed by atoms with Crippen LogP contribution in [0.3, 0.4) is 0 Å². The SMILES string of the molecule is CCOc1ccc2nc(N3CCCC3C(=O)N3CCC(OCc4cccnc4)CC3)nc(C)c2c1. The summed E-state index contributed by atoms with van der Waals surface area (Å²) < 4.78 is 11.7. The summed E-state index contributed by atoms with van der Waals surface area (Å²) in [7, 11) is 0. The van der Waals surface area contributed by atoms with E-state index in [1.807, 2.05) is 55.3 Å². The Hall–Kier alpha value is -3.26. The van der Waals surface area contributed by atoms with E-state index in [0.29, 0.717) is 19.2 Å². The lowest BCUT2D eigenvalue weighted by Gasteiger charge is -2.35. The summed E-state index contributed by atoms with van der Waals surface area (Å²) in [5, 5.41) is 0.982. The molecule has 1 aromatic carbocycles. The predicted octanol–water partition coefficient (Wildman–Crippen LogP) is 3.91. The molecule has 8 heteroatoms. The molecule has 2 aromatic heterocycles. The monoisotopic (exact) mass is 475 g/mol. The van der Waals surface area contributed by atoms with Crippen molar-refractivity contribution < 1.29 is 14.3 Å².